The molecule has 1 aromatic carbocycles. The largest absolute Gasteiger partial charge is 0.497 e. The molecule has 1 amide bonds. The van der Waals surface area contributed by atoms with Crippen LogP contribution in [0.25, 0.3) is 0 Å². The van der Waals surface area contributed by atoms with Crippen molar-refractivity contribution in [3.63, 3.8) is 0 Å². The zero-order chi connectivity index (χ0) is 15.4. The number of carbonyl (C=O) groups is 2. The standard InChI is InChI=1S/C15H19NO5/c1-19-12-5-4-10(13(7-12)20-2)8-16-9-11(6-14(16)17)15(18)21-3/h4-5,7,11H,6,8-9H2,1-3H3/t11-/m1/s1. The minimum absolute atomic E-state index is 0.0525. The maximum atomic E-state index is 12.0. The number of hydrogen-bond acceptors (Lipinski definition) is 5. The number of benzene rings is 1. The number of esters is 1. The van der Waals surface area contributed by atoms with Crippen molar-refractivity contribution in [1.29, 1.82) is 0 Å². The Labute approximate surface area is 123 Å². The third-order valence-corrected chi connectivity index (χ3v) is 3.60. The summed E-state index contributed by atoms with van der Waals surface area (Å²) in [4.78, 5) is 25.2. The van der Waals surface area contributed by atoms with E-state index in [0.717, 1.165) is 5.56 Å². The molecule has 1 aliphatic rings. The Morgan fingerprint density at radius 3 is 2.67 bits per heavy atom. The monoisotopic (exact) mass is 293 g/mol. The van der Waals surface area contributed by atoms with E-state index >= 15 is 0 Å². The molecule has 0 N–H and O–H groups in total. The maximum Gasteiger partial charge on any atom is 0.310 e. The van der Waals surface area contributed by atoms with Gasteiger partial charge in [0, 0.05) is 31.1 Å². The Morgan fingerprint density at radius 2 is 2.05 bits per heavy atom. The third kappa shape index (κ3) is 3.26. The molecule has 2 rings (SSSR count). The van der Waals surface area contributed by atoms with Gasteiger partial charge in [0.25, 0.3) is 0 Å². The molecule has 0 spiro atoms. The SMILES string of the molecule is COC(=O)[C@@H]1CC(=O)N(Cc2ccc(OC)cc2OC)C1. The summed E-state index contributed by atoms with van der Waals surface area (Å²) < 4.78 is 15.2. The highest BCUT2D eigenvalue weighted by Gasteiger charge is 2.35. The molecule has 6 heteroatoms. The quantitative estimate of drug-likeness (QED) is 0.764. The number of likely N-dealkylation sites (tertiary alicyclic amines) is 1. The fraction of sp³-hybridized carbons (Fsp3) is 0.467. The molecule has 0 bridgehead atoms. The highest BCUT2D eigenvalue weighted by molar-refractivity contribution is 5.86. The summed E-state index contributed by atoms with van der Waals surface area (Å²) in [7, 11) is 4.49. The highest BCUT2D eigenvalue weighted by Crippen LogP contribution is 2.28. The van der Waals surface area contributed by atoms with E-state index in [0.29, 0.717) is 24.6 Å². The van der Waals surface area contributed by atoms with E-state index in [1.165, 1.54) is 7.11 Å². The molecule has 21 heavy (non-hydrogen) atoms. The van der Waals surface area contributed by atoms with E-state index in [9.17, 15) is 9.59 Å². The highest BCUT2D eigenvalue weighted by atomic mass is 16.5. The van der Waals surface area contributed by atoms with Crippen LogP contribution in [0.3, 0.4) is 0 Å². The van der Waals surface area contributed by atoms with Crippen LogP contribution >= 0.6 is 0 Å². The molecule has 1 aliphatic heterocycles. The number of nitrogens with zero attached hydrogens (tertiary/aromatic N) is 1. The van der Waals surface area contributed by atoms with Gasteiger partial charge in [-0.3, -0.25) is 9.59 Å². The van der Waals surface area contributed by atoms with Gasteiger partial charge >= 0.3 is 5.97 Å². The van der Waals surface area contributed by atoms with Crippen molar-refractivity contribution in [2.75, 3.05) is 27.9 Å². The Hall–Kier alpha value is -2.24. The van der Waals surface area contributed by atoms with E-state index in [4.69, 9.17) is 14.2 Å². The van der Waals surface area contributed by atoms with Crippen molar-refractivity contribution >= 4 is 11.9 Å². The lowest BCUT2D eigenvalue weighted by Gasteiger charge is -2.18. The summed E-state index contributed by atoms with van der Waals surface area (Å²) in [5.41, 5.74) is 0.872. The van der Waals surface area contributed by atoms with Crippen LogP contribution in [0.4, 0.5) is 0 Å². The van der Waals surface area contributed by atoms with Crippen LogP contribution in [0.1, 0.15) is 12.0 Å². The molecule has 1 heterocycles. The Morgan fingerprint density at radius 1 is 1.29 bits per heavy atom. The van der Waals surface area contributed by atoms with Crippen LogP contribution in [0.2, 0.25) is 0 Å². The minimum atomic E-state index is -0.383. The van der Waals surface area contributed by atoms with Gasteiger partial charge in [-0.15, -0.1) is 0 Å². The average molecular weight is 293 g/mol. The lowest BCUT2D eigenvalue weighted by Crippen LogP contribution is -2.26. The van der Waals surface area contributed by atoms with Crippen LogP contribution in [-0.2, 0) is 20.9 Å². The Bertz CT molecular complexity index is 543. The van der Waals surface area contributed by atoms with Gasteiger partial charge in [-0.2, -0.15) is 0 Å². The summed E-state index contributed by atoms with van der Waals surface area (Å²) in [5, 5.41) is 0. The molecule has 1 fully saturated rings. The lowest BCUT2D eigenvalue weighted by molar-refractivity contribution is -0.145. The van der Waals surface area contributed by atoms with Crippen molar-refractivity contribution in [2.45, 2.75) is 13.0 Å². The number of ether oxygens (including phenoxy) is 3. The Kier molecular flexibility index (Phi) is 4.67. The second-order valence-corrected chi connectivity index (χ2v) is 4.88. The number of carbonyl (C=O) groups excluding carboxylic acids is 2. The van der Waals surface area contributed by atoms with Crippen molar-refractivity contribution in [3.05, 3.63) is 23.8 Å². The first-order chi connectivity index (χ1) is 10.1. The molecule has 0 aliphatic carbocycles. The van der Waals surface area contributed by atoms with Crippen LogP contribution in [0.5, 0.6) is 11.5 Å². The van der Waals surface area contributed by atoms with Crippen molar-refractivity contribution in [3.8, 4) is 11.5 Å². The first-order valence-electron chi connectivity index (χ1n) is 6.65. The van der Waals surface area contributed by atoms with Gasteiger partial charge in [0.1, 0.15) is 11.5 Å². The third-order valence-electron chi connectivity index (χ3n) is 3.60. The van der Waals surface area contributed by atoms with E-state index in [-0.39, 0.29) is 24.2 Å². The van der Waals surface area contributed by atoms with Crippen LogP contribution < -0.4 is 9.47 Å². The number of amides is 1. The molecular weight excluding hydrogens is 274 g/mol. The van der Waals surface area contributed by atoms with Crippen molar-refractivity contribution in [2.24, 2.45) is 5.92 Å². The van der Waals surface area contributed by atoms with Gasteiger partial charge in [-0.05, 0) is 12.1 Å². The van der Waals surface area contributed by atoms with E-state index in [1.54, 1.807) is 25.2 Å². The summed E-state index contributed by atoms with van der Waals surface area (Å²) in [6, 6.07) is 5.44. The number of hydrogen-bond donors (Lipinski definition) is 0. The zero-order valence-electron chi connectivity index (χ0n) is 12.4. The van der Waals surface area contributed by atoms with Gasteiger partial charge in [0.2, 0.25) is 5.91 Å². The normalized spacial score (nSPS) is 17.8. The summed E-state index contributed by atoms with van der Waals surface area (Å²) in [6.45, 7) is 0.778. The maximum absolute atomic E-state index is 12.0. The summed E-state index contributed by atoms with van der Waals surface area (Å²) in [5.74, 6) is 0.571. The molecule has 1 saturated heterocycles. The van der Waals surface area contributed by atoms with Gasteiger partial charge < -0.3 is 19.1 Å². The number of rotatable bonds is 5. The second-order valence-electron chi connectivity index (χ2n) is 4.88. The van der Waals surface area contributed by atoms with Crippen molar-refractivity contribution in [1.82, 2.24) is 4.90 Å². The minimum Gasteiger partial charge on any atom is -0.497 e. The molecule has 0 radical (unpaired) electrons. The van der Waals surface area contributed by atoms with Crippen LogP contribution in [0.15, 0.2) is 18.2 Å². The van der Waals surface area contributed by atoms with Gasteiger partial charge in [0.05, 0.1) is 27.2 Å². The molecule has 1 aromatic rings. The zero-order valence-corrected chi connectivity index (χ0v) is 12.4. The topological polar surface area (TPSA) is 65.1 Å². The molecule has 0 unspecified atom stereocenters. The Balaban J connectivity index is 2.11. The second kappa shape index (κ2) is 6.47. The number of methoxy groups -OCH3 is 3. The molecule has 114 valence electrons. The van der Waals surface area contributed by atoms with Gasteiger partial charge in [0.15, 0.2) is 0 Å². The predicted molar refractivity (Wildman–Crippen MR) is 75.1 cm³/mol. The first kappa shape index (κ1) is 15.2. The van der Waals surface area contributed by atoms with E-state index in [2.05, 4.69) is 0 Å². The fourth-order valence-corrected chi connectivity index (χ4v) is 2.44. The summed E-state index contributed by atoms with van der Waals surface area (Å²) >= 11 is 0. The first-order valence-corrected chi connectivity index (χ1v) is 6.65. The van der Waals surface area contributed by atoms with E-state index < -0.39 is 0 Å². The smallest absolute Gasteiger partial charge is 0.310 e. The fourth-order valence-electron chi connectivity index (χ4n) is 2.44. The lowest BCUT2D eigenvalue weighted by atomic mass is 10.1. The van der Waals surface area contributed by atoms with Gasteiger partial charge in [-0.25, -0.2) is 0 Å². The summed E-state index contributed by atoms with van der Waals surface area (Å²) in [6.07, 6.45) is 0.200. The molecule has 0 saturated carbocycles. The molecular formula is C15H19NO5. The molecule has 6 nitrogen and oxygen atoms in total. The van der Waals surface area contributed by atoms with Crippen molar-refractivity contribution < 1.29 is 23.8 Å². The van der Waals surface area contributed by atoms with E-state index in [1.807, 2.05) is 12.1 Å². The average Bonchev–Trinajstić information content (AvgIpc) is 2.88. The predicted octanol–water partition coefficient (Wildman–Crippen LogP) is 1.23. The van der Waals surface area contributed by atoms with Crippen LogP contribution in [0, 0.1) is 5.92 Å². The van der Waals surface area contributed by atoms with Crippen LogP contribution in [-0.4, -0.2) is 44.7 Å². The molecule has 0 aromatic heterocycles. The van der Waals surface area contributed by atoms with Gasteiger partial charge in [-0.1, -0.05) is 0 Å². The molecule has 1 atom stereocenters.